The Labute approximate surface area is 143 Å². The number of aromatic nitrogens is 3. The molecule has 0 atom stereocenters. The van der Waals surface area contributed by atoms with E-state index >= 15 is 0 Å². The van der Waals surface area contributed by atoms with Gasteiger partial charge in [-0.3, -0.25) is 14.8 Å². The molecular formula is C18H25N5O. The summed E-state index contributed by atoms with van der Waals surface area (Å²) in [5, 5.41) is 0. The molecule has 0 aliphatic carbocycles. The molecule has 0 amide bonds. The maximum absolute atomic E-state index is 5.05. The second-order valence-corrected chi connectivity index (χ2v) is 6.21. The lowest BCUT2D eigenvalue weighted by Crippen LogP contribution is -2.30. The van der Waals surface area contributed by atoms with Crippen molar-refractivity contribution in [3.8, 4) is 0 Å². The van der Waals surface area contributed by atoms with Gasteiger partial charge in [0.1, 0.15) is 6.61 Å². The normalized spacial score (nSPS) is 16.9. The summed E-state index contributed by atoms with van der Waals surface area (Å²) in [5.74, 6) is 0.736. The first-order valence-corrected chi connectivity index (χ1v) is 8.46. The second-order valence-electron chi connectivity index (χ2n) is 6.21. The Kier molecular flexibility index (Phi) is 6.23. The molecule has 0 saturated carbocycles. The van der Waals surface area contributed by atoms with Crippen LogP contribution in [0.4, 0.5) is 0 Å². The molecule has 3 heterocycles. The maximum Gasteiger partial charge on any atom is 0.153 e. The Bertz CT molecular complexity index is 605. The van der Waals surface area contributed by atoms with Gasteiger partial charge in [-0.15, -0.1) is 0 Å². The second kappa shape index (κ2) is 8.82. The minimum Gasteiger partial charge on any atom is -0.377 e. The van der Waals surface area contributed by atoms with Crippen molar-refractivity contribution in [3.63, 3.8) is 0 Å². The van der Waals surface area contributed by atoms with Gasteiger partial charge in [-0.25, -0.2) is 9.97 Å². The average Bonchev–Trinajstić information content (AvgIpc) is 2.83. The van der Waals surface area contributed by atoms with Crippen LogP contribution in [0.3, 0.4) is 0 Å². The van der Waals surface area contributed by atoms with Crippen molar-refractivity contribution in [2.24, 2.45) is 0 Å². The van der Waals surface area contributed by atoms with Gasteiger partial charge in [-0.1, -0.05) is 6.07 Å². The fourth-order valence-corrected chi connectivity index (χ4v) is 3.02. The van der Waals surface area contributed by atoms with Crippen molar-refractivity contribution in [3.05, 3.63) is 53.9 Å². The van der Waals surface area contributed by atoms with Crippen LogP contribution in [-0.2, 0) is 24.4 Å². The van der Waals surface area contributed by atoms with Crippen molar-refractivity contribution >= 4 is 0 Å². The lowest BCUT2D eigenvalue weighted by molar-refractivity contribution is 0.177. The minimum absolute atomic E-state index is 0.466. The van der Waals surface area contributed by atoms with Crippen LogP contribution in [0.5, 0.6) is 0 Å². The van der Waals surface area contributed by atoms with Gasteiger partial charge < -0.3 is 4.74 Å². The van der Waals surface area contributed by atoms with Crippen LogP contribution in [0.25, 0.3) is 0 Å². The van der Waals surface area contributed by atoms with Crippen molar-refractivity contribution in [1.82, 2.24) is 24.8 Å². The van der Waals surface area contributed by atoms with Crippen LogP contribution < -0.4 is 0 Å². The summed E-state index contributed by atoms with van der Waals surface area (Å²) in [6.07, 6.45) is 8.80. The van der Waals surface area contributed by atoms with Gasteiger partial charge in [0.05, 0.1) is 0 Å². The summed E-state index contributed by atoms with van der Waals surface area (Å²) in [5.41, 5.74) is 2.45. The molecule has 128 valence electrons. The molecule has 1 aliphatic heterocycles. The Morgan fingerprint density at radius 1 is 0.958 bits per heavy atom. The molecule has 1 saturated heterocycles. The highest BCUT2D eigenvalue weighted by molar-refractivity contribution is 5.08. The van der Waals surface area contributed by atoms with E-state index in [9.17, 15) is 0 Å². The predicted molar refractivity (Wildman–Crippen MR) is 92.2 cm³/mol. The van der Waals surface area contributed by atoms with Crippen LogP contribution >= 0.6 is 0 Å². The topological polar surface area (TPSA) is 54.4 Å². The fraction of sp³-hybridized carbons (Fsp3) is 0.500. The molecule has 6 nitrogen and oxygen atoms in total. The van der Waals surface area contributed by atoms with Crippen molar-refractivity contribution < 1.29 is 4.74 Å². The summed E-state index contributed by atoms with van der Waals surface area (Å²) in [6.45, 7) is 6.76. The van der Waals surface area contributed by atoms with Crippen LogP contribution in [0.15, 0.2) is 36.9 Å². The molecule has 0 unspecified atom stereocenters. The zero-order chi connectivity index (χ0) is 16.6. The number of nitrogens with zero attached hydrogens (tertiary/aromatic N) is 5. The Hall–Kier alpha value is -1.89. The molecular weight excluding hydrogens is 302 g/mol. The number of methoxy groups -OCH3 is 1. The summed E-state index contributed by atoms with van der Waals surface area (Å²) in [4.78, 5) is 17.9. The van der Waals surface area contributed by atoms with Crippen molar-refractivity contribution in [2.45, 2.75) is 26.1 Å². The maximum atomic E-state index is 5.05. The minimum atomic E-state index is 0.466. The Morgan fingerprint density at radius 2 is 1.67 bits per heavy atom. The molecule has 0 radical (unpaired) electrons. The summed E-state index contributed by atoms with van der Waals surface area (Å²) >= 11 is 0. The Balaban J connectivity index is 1.50. The van der Waals surface area contributed by atoms with E-state index in [1.165, 1.54) is 12.0 Å². The van der Waals surface area contributed by atoms with Gasteiger partial charge in [-0.2, -0.15) is 0 Å². The lowest BCUT2D eigenvalue weighted by atomic mass is 10.2. The third-order valence-electron chi connectivity index (χ3n) is 4.25. The first-order valence-electron chi connectivity index (χ1n) is 8.46. The van der Waals surface area contributed by atoms with Crippen LogP contribution in [0.2, 0.25) is 0 Å². The van der Waals surface area contributed by atoms with E-state index in [2.05, 4.69) is 30.8 Å². The van der Waals surface area contributed by atoms with Crippen molar-refractivity contribution in [1.29, 1.82) is 0 Å². The molecule has 3 rings (SSSR count). The van der Waals surface area contributed by atoms with Gasteiger partial charge in [0.2, 0.25) is 0 Å². The van der Waals surface area contributed by atoms with Crippen LogP contribution in [-0.4, -0.2) is 58.0 Å². The van der Waals surface area contributed by atoms with E-state index in [0.29, 0.717) is 6.61 Å². The lowest BCUT2D eigenvalue weighted by Gasteiger charge is -2.21. The van der Waals surface area contributed by atoms with Gasteiger partial charge in [0.25, 0.3) is 0 Å². The molecule has 0 N–H and O–H groups in total. The standard InChI is InChI=1S/C18H25N5O/c1-24-15-18-20-11-17(12-21-18)14-23-7-3-6-22(8-9-23)13-16-4-2-5-19-10-16/h2,4-5,10-12H,3,6-9,13-15H2,1H3. The first kappa shape index (κ1) is 17.0. The van der Waals surface area contributed by atoms with E-state index in [4.69, 9.17) is 4.74 Å². The van der Waals surface area contributed by atoms with Gasteiger partial charge in [0.15, 0.2) is 5.82 Å². The molecule has 24 heavy (non-hydrogen) atoms. The highest BCUT2D eigenvalue weighted by Gasteiger charge is 2.15. The summed E-state index contributed by atoms with van der Waals surface area (Å²) in [7, 11) is 1.66. The van der Waals surface area contributed by atoms with Crippen LogP contribution in [0, 0.1) is 0 Å². The highest BCUT2D eigenvalue weighted by Crippen LogP contribution is 2.11. The van der Waals surface area contributed by atoms with E-state index in [1.54, 1.807) is 7.11 Å². The van der Waals surface area contributed by atoms with Gasteiger partial charge in [-0.05, 0) is 31.1 Å². The number of ether oxygens (including phenoxy) is 1. The first-order chi connectivity index (χ1) is 11.8. The Morgan fingerprint density at radius 3 is 2.29 bits per heavy atom. The van der Waals surface area contributed by atoms with E-state index in [1.807, 2.05) is 30.9 Å². The third-order valence-corrected chi connectivity index (χ3v) is 4.25. The van der Waals surface area contributed by atoms with E-state index in [-0.39, 0.29) is 0 Å². The molecule has 1 aliphatic rings. The smallest absolute Gasteiger partial charge is 0.153 e. The fourth-order valence-electron chi connectivity index (χ4n) is 3.02. The SMILES string of the molecule is COCc1ncc(CN2CCCN(Cc3cccnc3)CC2)cn1. The summed E-state index contributed by atoms with van der Waals surface area (Å²) < 4.78 is 5.05. The summed E-state index contributed by atoms with van der Waals surface area (Å²) in [6, 6.07) is 4.15. The molecule has 2 aromatic rings. The van der Waals surface area contributed by atoms with Crippen LogP contribution in [0.1, 0.15) is 23.4 Å². The highest BCUT2D eigenvalue weighted by atomic mass is 16.5. The molecule has 0 aromatic carbocycles. The quantitative estimate of drug-likeness (QED) is 0.805. The average molecular weight is 327 g/mol. The molecule has 6 heteroatoms. The van der Waals surface area contributed by atoms with E-state index < -0.39 is 0 Å². The largest absolute Gasteiger partial charge is 0.377 e. The number of pyridine rings is 1. The molecule has 0 spiro atoms. The third kappa shape index (κ3) is 5.06. The zero-order valence-corrected chi connectivity index (χ0v) is 14.3. The zero-order valence-electron chi connectivity index (χ0n) is 14.3. The van der Waals surface area contributed by atoms with Gasteiger partial charge in [0, 0.05) is 63.6 Å². The van der Waals surface area contributed by atoms with Gasteiger partial charge >= 0.3 is 0 Å². The number of hydrogen-bond acceptors (Lipinski definition) is 6. The molecule has 1 fully saturated rings. The number of hydrogen-bond donors (Lipinski definition) is 0. The monoisotopic (exact) mass is 327 g/mol. The molecule has 2 aromatic heterocycles. The molecule has 0 bridgehead atoms. The number of rotatable bonds is 6. The predicted octanol–water partition coefficient (Wildman–Crippen LogP) is 1.73. The van der Waals surface area contributed by atoms with E-state index in [0.717, 1.165) is 50.7 Å². The van der Waals surface area contributed by atoms with Crippen molar-refractivity contribution in [2.75, 3.05) is 33.3 Å².